The van der Waals surface area contributed by atoms with Gasteiger partial charge in [0.05, 0.1) is 21.3 Å². The van der Waals surface area contributed by atoms with Crippen molar-refractivity contribution < 1.29 is 9.55 Å². The minimum atomic E-state index is -0.523. The molecule has 1 heterocycles. The number of hydrogen-bond acceptors (Lipinski definition) is 7. The van der Waals surface area contributed by atoms with Gasteiger partial charge in [-0.3, -0.25) is 10.1 Å². The number of nitro benzene ring substituents is 1. The van der Waals surface area contributed by atoms with Crippen LogP contribution >= 0.6 is 11.6 Å². The van der Waals surface area contributed by atoms with Crippen LogP contribution in [0, 0.1) is 10.1 Å². The quantitative estimate of drug-likeness (QED) is 0.575. The summed E-state index contributed by atoms with van der Waals surface area (Å²) < 4.78 is 4.69. The van der Waals surface area contributed by atoms with Gasteiger partial charge < -0.3 is 10.2 Å². The molecular formula is C14H12ClN5O3. The third-order valence-corrected chi connectivity index (χ3v) is 3.63. The zero-order chi connectivity index (χ0) is 16.6. The van der Waals surface area contributed by atoms with Crippen molar-refractivity contribution in [3.8, 4) is 0 Å². The van der Waals surface area contributed by atoms with Gasteiger partial charge in [-0.1, -0.05) is 23.7 Å². The molecule has 1 N–H and O–H groups in total. The maximum absolute atomic E-state index is 11.5. The molecule has 0 unspecified atom stereocenters. The van der Waals surface area contributed by atoms with Gasteiger partial charge in [0.1, 0.15) is 5.69 Å². The van der Waals surface area contributed by atoms with Gasteiger partial charge >= 0.3 is 5.69 Å². The molecule has 3 aromatic rings. The number of nitrogens with one attached hydrogen (secondary N) is 1. The Hall–Kier alpha value is -2.87. The number of hydrogen-bond donors (Lipinski definition) is 1. The lowest BCUT2D eigenvalue weighted by atomic mass is 10.1. The summed E-state index contributed by atoms with van der Waals surface area (Å²) in [6, 6.07) is 8.60. The van der Waals surface area contributed by atoms with Crippen molar-refractivity contribution in [2.45, 2.75) is 0 Å². The zero-order valence-corrected chi connectivity index (χ0v) is 13.0. The fourth-order valence-electron chi connectivity index (χ4n) is 2.24. The van der Waals surface area contributed by atoms with E-state index in [-0.39, 0.29) is 16.9 Å². The first-order valence-corrected chi connectivity index (χ1v) is 6.99. The standard InChI is InChI=1S/C14H12ClN5O3/c1-19(2)11-7-10(16-9-6-4-3-5-8(9)15)14(20(21)22)13-12(11)17-23-18-13/h3-7,16H,1-2H3. The second-order valence-corrected chi connectivity index (χ2v) is 5.42. The molecule has 0 spiro atoms. The molecule has 118 valence electrons. The van der Waals surface area contributed by atoms with E-state index in [1.165, 1.54) is 0 Å². The largest absolute Gasteiger partial charge is 0.376 e. The van der Waals surface area contributed by atoms with Crippen LogP contribution in [0.3, 0.4) is 0 Å². The van der Waals surface area contributed by atoms with Crippen molar-refractivity contribution in [3.05, 3.63) is 45.5 Å². The number of fused-ring (bicyclic) bond motifs is 1. The number of benzene rings is 2. The maximum atomic E-state index is 11.5. The van der Waals surface area contributed by atoms with Crippen molar-refractivity contribution in [2.75, 3.05) is 24.3 Å². The molecule has 0 atom stereocenters. The molecule has 0 aliphatic rings. The molecule has 0 amide bonds. The molecule has 3 rings (SSSR count). The van der Waals surface area contributed by atoms with E-state index in [9.17, 15) is 10.1 Å². The van der Waals surface area contributed by atoms with E-state index in [0.717, 1.165) is 0 Å². The molecule has 0 aliphatic carbocycles. The Balaban J connectivity index is 2.24. The molecule has 0 aliphatic heterocycles. The summed E-state index contributed by atoms with van der Waals surface area (Å²) in [6.07, 6.45) is 0. The minimum absolute atomic E-state index is 0.0794. The number of anilines is 3. The summed E-state index contributed by atoms with van der Waals surface area (Å²) in [5.41, 5.74) is 1.64. The van der Waals surface area contributed by atoms with E-state index in [4.69, 9.17) is 16.2 Å². The normalized spacial score (nSPS) is 10.7. The molecule has 0 fully saturated rings. The van der Waals surface area contributed by atoms with E-state index in [2.05, 4.69) is 15.6 Å². The highest BCUT2D eigenvalue weighted by atomic mass is 35.5. The molecular weight excluding hydrogens is 322 g/mol. The third kappa shape index (κ3) is 2.64. The molecule has 0 radical (unpaired) electrons. The Kier molecular flexibility index (Phi) is 3.75. The van der Waals surface area contributed by atoms with Crippen LogP contribution in [0.5, 0.6) is 0 Å². The highest BCUT2D eigenvalue weighted by molar-refractivity contribution is 6.33. The monoisotopic (exact) mass is 333 g/mol. The van der Waals surface area contributed by atoms with E-state index < -0.39 is 4.92 Å². The maximum Gasteiger partial charge on any atom is 0.324 e. The summed E-state index contributed by atoms with van der Waals surface area (Å²) >= 11 is 6.12. The summed E-state index contributed by atoms with van der Waals surface area (Å²) in [4.78, 5) is 12.7. The number of aromatic nitrogens is 2. The van der Waals surface area contributed by atoms with Gasteiger partial charge in [0, 0.05) is 14.1 Å². The highest BCUT2D eigenvalue weighted by Crippen LogP contribution is 2.39. The van der Waals surface area contributed by atoms with Crippen LogP contribution in [0.25, 0.3) is 11.0 Å². The van der Waals surface area contributed by atoms with Gasteiger partial charge in [-0.15, -0.1) is 0 Å². The topological polar surface area (TPSA) is 97.3 Å². The molecule has 1 aromatic heterocycles. The molecule has 9 heteroatoms. The Labute approximate surface area is 135 Å². The van der Waals surface area contributed by atoms with Gasteiger partial charge in [0.15, 0.2) is 5.52 Å². The van der Waals surface area contributed by atoms with Crippen molar-refractivity contribution in [2.24, 2.45) is 0 Å². The first-order valence-electron chi connectivity index (χ1n) is 6.61. The Bertz CT molecular complexity index is 893. The van der Waals surface area contributed by atoms with Crippen molar-refractivity contribution in [1.82, 2.24) is 10.3 Å². The number of halogens is 1. The van der Waals surface area contributed by atoms with E-state index in [0.29, 0.717) is 21.9 Å². The Morgan fingerprint density at radius 1 is 1.22 bits per heavy atom. The van der Waals surface area contributed by atoms with Crippen LogP contribution in [-0.4, -0.2) is 29.3 Å². The number of nitro groups is 1. The zero-order valence-electron chi connectivity index (χ0n) is 12.3. The van der Waals surface area contributed by atoms with E-state index >= 15 is 0 Å². The fourth-order valence-corrected chi connectivity index (χ4v) is 2.42. The molecule has 23 heavy (non-hydrogen) atoms. The van der Waals surface area contributed by atoms with Gasteiger partial charge in [-0.25, -0.2) is 4.63 Å². The second-order valence-electron chi connectivity index (χ2n) is 5.01. The van der Waals surface area contributed by atoms with Crippen LogP contribution < -0.4 is 10.2 Å². The first-order chi connectivity index (χ1) is 11.0. The van der Waals surface area contributed by atoms with Crippen LogP contribution in [0.15, 0.2) is 35.0 Å². The highest BCUT2D eigenvalue weighted by Gasteiger charge is 2.26. The smallest absolute Gasteiger partial charge is 0.324 e. The SMILES string of the molecule is CN(C)c1cc(Nc2ccccc2Cl)c([N+](=O)[O-])c2nonc12. The molecule has 8 nitrogen and oxygen atoms in total. The van der Waals surface area contributed by atoms with Gasteiger partial charge in [-0.05, 0) is 28.5 Å². The molecule has 0 bridgehead atoms. The van der Waals surface area contributed by atoms with Crippen LogP contribution in [-0.2, 0) is 0 Å². The average molecular weight is 334 g/mol. The van der Waals surface area contributed by atoms with E-state index in [1.54, 1.807) is 49.3 Å². The van der Waals surface area contributed by atoms with E-state index in [1.807, 2.05) is 0 Å². The second kappa shape index (κ2) is 5.73. The van der Waals surface area contributed by atoms with Gasteiger partial charge in [-0.2, -0.15) is 0 Å². The number of nitrogens with zero attached hydrogens (tertiary/aromatic N) is 4. The Morgan fingerprint density at radius 2 is 1.91 bits per heavy atom. The summed E-state index contributed by atoms with van der Waals surface area (Å²) in [5, 5.41) is 22.4. The van der Waals surface area contributed by atoms with Crippen LogP contribution in [0.1, 0.15) is 0 Å². The predicted octanol–water partition coefficient (Wildman–Crippen LogP) is 3.59. The lowest BCUT2D eigenvalue weighted by Gasteiger charge is -2.15. The predicted molar refractivity (Wildman–Crippen MR) is 87.5 cm³/mol. The molecule has 2 aromatic carbocycles. The lowest BCUT2D eigenvalue weighted by molar-refractivity contribution is -0.382. The van der Waals surface area contributed by atoms with Crippen molar-refractivity contribution in [1.29, 1.82) is 0 Å². The molecule has 0 saturated carbocycles. The summed E-state index contributed by atoms with van der Waals surface area (Å²) in [5.74, 6) is 0. The summed E-state index contributed by atoms with van der Waals surface area (Å²) in [6.45, 7) is 0. The van der Waals surface area contributed by atoms with Crippen molar-refractivity contribution in [3.63, 3.8) is 0 Å². The lowest BCUT2D eigenvalue weighted by Crippen LogP contribution is -2.10. The van der Waals surface area contributed by atoms with Crippen LogP contribution in [0.2, 0.25) is 5.02 Å². The van der Waals surface area contributed by atoms with Crippen molar-refractivity contribution >= 4 is 45.4 Å². The molecule has 0 saturated heterocycles. The minimum Gasteiger partial charge on any atom is -0.376 e. The average Bonchev–Trinajstić information content (AvgIpc) is 2.97. The number of para-hydroxylation sites is 1. The Morgan fingerprint density at radius 3 is 2.57 bits per heavy atom. The number of rotatable bonds is 4. The third-order valence-electron chi connectivity index (χ3n) is 3.30. The summed E-state index contributed by atoms with van der Waals surface area (Å²) in [7, 11) is 3.60. The van der Waals surface area contributed by atoms with Gasteiger partial charge in [0.25, 0.3) is 0 Å². The van der Waals surface area contributed by atoms with Gasteiger partial charge in [0.2, 0.25) is 5.52 Å². The fraction of sp³-hybridized carbons (Fsp3) is 0.143. The van der Waals surface area contributed by atoms with Crippen LogP contribution in [0.4, 0.5) is 22.7 Å². The first kappa shape index (κ1) is 15.0.